The molecule has 31 heavy (non-hydrogen) atoms. The zero-order valence-electron chi connectivity index (χ0n) is 18.3. The predicted molar refractivity (Wildman–Crippen MR) is 126 cm³/mol. The number of sulfonamides is 1. The Kier molecular flexibility index (Phi) is 7.09. The van der Waals surface area contributed by atoms with E-state index in [1.807, 2.05) is 12.3 Å². The largest absolute Gasteiger partial charge is 0.379 e. The van der Waals surface area contributed by atoms with Gasteiger partial charge in [-0.05, 0) is 42.7 Å². The molecule has 8 heteroatoms. The van der Waals surface area contributed by atoms with Crippen molar-refractivity contribution < 1.29 is 8.42 Å². The van der Waals surface area contributed by atoms with Crippen LogP contribution in [0.25, 0.3) is 0 Å². The first-order valence-electron chi connectivity index (χ1n) is 11.2. The first-order valence-corrected chi connectivity index (χ1v) is 13.1. The summed E-state index contributed by atoms with van der Waals surface area (Å²) >= 11 is 0. The molecule has 2 heterocycles. The third-order valence-corrected chi connectivity index (χ3v) is 7.50. The smallest absolute Gasteiger partial charge is 0.211 e. The van der Waals surface area contributed by atoms with Gasteiger partial charge in [0.25, 0.3) is 0 Å². The Morgan fingerprint density at radius 1 is 1.00 bits per heavy atom. The lowest BCUT2D eigenvalue weighted by molar-refractivity contribution is 0.182. The van der Waals surface area contributed by atoms with Crippen molar-refractivity contribution in [2.45, 2.75) is 44.7 Å². The van der Waals surface area contributed by atoms with Gasteiger partial charge in [0.2, 0.25) is 10.0 Å². The minimum absolute atomic E-state index is 0.532. The van der Waals surface area contributed by atoms with Gasteiger partial charge in [0.05, 0.1) is 11.9 Å². The minimum atomic E-state index is -3.08. The van der Waals surface area contributed by atoms with Gasteiger partial charge >= 0.3 is 0 Å². The van der Waals surface area contributed by atoms with Crippen LogP contribution in [0.5, 0.6) is 0 Å². The van der Waals surface area contributed by atoms with E-state index in [-0.39, 0.29) is 0 Å². The van der Waals surface area contributed by atoms with Crippen molar-refractivity contribution in [2.75, 3.05) is 43.1 Å². The van der Waals surface area contributed by atoms with Crippen molar-refractivity contribution in [1.82, 2.24) is 14.2 Å². The van der Waals surface area contributed by atoms with Gasteiger partial charge in [-0.1, -0.05) is 31.4 Å². The second-order valence-electron chi connectivity index (χ2n) is 8.64. The van der Waals surface area contributed by atoms with E-state index in [0.717, 1.165) is 36.8 Å². The molecule has 1 aliphatic carbocycles. The van der Waals surface area contributed by atoms with E-state index < -0.39 is 10.0 Å². The summed E-state index contributed by atoms with van der Waals surface area (Å²) in [6.07, 6.45) is 9.49. The van der Waals surface area contributed by atoms with Gasteiger partial charge in [0.1, 0.15) is 0 Å². The molecule has 0 bridgehead atoms. The molecule has 4 rings (SSSR count). The van der Waals surface area contributed by atoms with E-state index in [0.29, 0.717) is 19.1 Å². The highest BCUT2D eigenvalue weighted by Crippen LogP contribution is 2.27. The van der Waals surface area contributed by atoms with E-state index in [1.165, 1.54) is 43.9 Å². The molecule has 0 amide bonds. The SMILES string of the molecule is CS(=O)(=O)N1CCN(Cc2ccc(Nc3ncccc3NC3CCCCC3)cc2)CC1. The fourth-order valence-corrected chi connectivity index (χ4v) is 5.22. The van der Waals surface area contributed by atoms with E-state index in [1.54, 1.807) is 4.31 Å². The van der Waals surface area contributed by atoms with Gasteiger partial charge in [0.15, 0.2) is 5.82 Å². The van der Waals surface area contributed by atoms with Crippen LogP contribution < -0.4 is 10.6 Å². The fraction of sp³-hybridized carbons (Fsp3) is 0.522. The highest BCUT2D eigenvalue weighted by molar-refractivity contribution is 7.88. The lowest BCUT2D eigenvalue weighted by atomic mass is 9.95. The number of hydrogen-bond donors (Lipinski definition) is 2. The van der Waals surface area contributed by atoms with Crippen LogP contribution in [0.3, 0.4) is 0 Å². The number of nitrogens with zero attached hydrogens (tertiary/aromatic N) is 3. The maximum absolute atomic E-state index is 11.7. The third-order valence-electron chi connectivity index (χ3n) is 6.20. The molecule has 1 aromatic carbocycles. The molecular formula is C23H33N5O2S. The van der Waals surface area contributed by atoms with Crippen LogP contribution in [0.1, 0.15) is 37.7 Å². The monoisotopic (exact) mass is 443 g/mol. The molecule has 2 fully saturated rings. The Hall–Kier alpha value is -2.16. The second kappa shape index (κ2) is 9.97. The standard InChI is InChI=1S/C23H33N5O2S/c1-31(29,30)28-16-14-27(15-17-28)18-19-9-11-21(12-10-19)26-23-22(8-5-13-24-23)25-20-6-3-2-4-7-20/h5,8-13,20,25H,2-4,6-7,14-18H2,1H3,(H,24,26). The Morgan fingerprint density at radius 2 is 1.71 bits per heavy atom. The highest BCUT2D eigenvalue weighted by Gasteiger charge is 2.23. The van der Waals surface area contributed by atoms with E-state index in [9.17, 15) is 8.42 Å². The van der Waals surface area contributed by atoms with Crippen molar-refractivity contribution in [3.8, 4) is 0 Å². The van der Waals surface area contributed by atoms with Gasteiger partial charge < -0.3 is 10.6 Å². The number of hydrogen-bond acceptors (Lipinski definition) is 6. The number of rotatable bonds is 7. The van der Waals surface area contributed by atoms with Crippen molar-refractivity contribution in [1.29, 1.82) is 0 Å². The molecule has 2 aromatic rings. The Morgan fingerprint density at radius 3 is 2.39 bits per heavy atom. The summed E-state index contributed by atoms with van der Waals surface area (Å²) in [7, 11) is -3.08. The highest BCUT2D eigenvalue weighted by atomic mass is 32.2. The fourth-order valence-electron chi connectivity index (χ4n) is 4.40. The summed E-state index contributed by atoms with van der Waals surface area (Å²) in [4.78, 5) is 6.85. The summed E-state index contributed by atoms with van der Waals surface area (Å²) < 4.78 is 24.9. The maximum Gasteiger partial charge on any atom is 0.211 e. The molecule has 1 saturated carbocycles. The molecule has 2 aliphatic rings. The molecule has 2 N–H and O–H groups in total. The Labute approximate surface area is 185 Å². The van der Waals surface area contributed by atoms with Gasteiger partial charge in [0, 0.05) is 50.6 Å². The molecule has 0 atom stereocenters. The second-order valence-corrected chi connectivity index (χ2v) is 10.6. The summed E-state index contributed by atoms with van der Waals surface area (Å²) in [5.41, 5.74) is 3.29. The van der Waals surface area contributed by atoms with Gasteiger partial charge in [-0.2, -0.15) is 4.31 Å². The third kappa shape index (κ3) is 6.18. The number of anilines is 3. The predicted octanol–water partition coefficient (Wildman–Crippen LogP) is 3.65. The van der Waals surface area contributed by atoms with Crippen LogP contribution in [0.15, 0.2) is 42.6 Å². The zero-order valence-corrected chi connectivity index (χ0v) is 19.1. The van der Waals surface area contributed by atoms with E-state index >= 15 is 0 Å². The lowest BCUT2D eigenvalue weighted by Crippen LogP contribution is -2.47. The van der Waals surface area contributed by atoms with Crippen LogP contribution in [-0.4, -0.2) is 61.1 Å². The van der Waals surface area contributed by atoms with Crippen molar-refractivity contribution in [2.24, 2.45) is 0 Å². The van der Waals surface area contributed by atoms with Crippen LogP contribution >= 0.6 is 0 Å². The van der Waals surface area contributed by atoms with Crippen molar-refractivity contribution in [3.63, 3.8) is 0 Å². The average molecular weight is 444 g/mol. The summed E-state index contributed by atoms with van der Waals surface area (Å²) in [5.74, 6) is 0.859. The average Bonchev–Trinajstić information content (AvgIpc) is 2.77. The maximum atomic E-state index is 11.7. The number of aromatic nitrogens is 1. The molecule has 1 aromatic heterocycles. The van der Waals surface area contributed by atoms with Crippen LogP contribution in [0.4, 0.5) is 17.2 Å². The summed E-state index contributed by atoms with van der Waals surface area (Å²) in [5, 5.41) is 7.13. The molecule has 0 spiro atoms. The van der Waals surface area contributed by atoms with Crippen LogP contribution in [0, 0.1) is 0 Å². The van der Waals surface area contributed by atoms with Gasteiger partial charge in [-0.15, -0.1) is 0 Å². The molecule has 1 aliphatic heterocycles. The lowest BCUT2D eigenvalue weighted by Gasteiger charge is -2.33. The normalized spacial score (nSPS) is 19.3. The van der Waals surface area contributed by atoms with Gasteiger partial charge in [-0.3, -0.25) is 4.90 Å². The number of pyridine rings is 1. The Balaban J connectivity index is 1.33. The topological polar surface area (TPSA) is 77.6 Å². The van der Waals surface area contributed by atoms with E-state index in [2.05, 4.69) is 50.8 Å². The van der Waals surface area contributed by atoms with Crippen LogP contribution in [0.2, 0.25) is 0 Å². The number of benzene rings is 1. The van der Waals surface area contributed by atoms with E-state index in [4.69, 9.17) is 0 Å². The molecule has 168 valence electrons. The summed E-state index contributed by atoms with van der Waals surface area (Å²) in [6, 6.07) is 13.0. The quantitative estimate of drug-likeness (QED) is 0.680. The first-order chi connectivity index (χ1) is 15.0. The molecule has 0 radical (unpaired) electrons. The Bertz CT molecular complexity index is 950. The molecule has 0 unspecified atom stereocenters. The zero-order chi connectivity index (χ0) is 21.7. The minimum Gasteiger partial charge on any atom is -0.379 e. The number of nitrogens with one attached hydrogen (secondary N) is 2. The first kappa shape index (κ1) is 22.0. The number of piperazine rings is 1. The molecule has 1 saturated heterocycles. The van der Waals surface area contributed by atoms with Gasteiger partial charge in [-0.25, -0.2) is 13.4 Å². The van der Waals surface area contributed by atoms with Crippen LogP contribution in [-0.2, 0) is 16.6 Å². The van der Waals surface area contributed by atoms with Crippen molar-refractivity contribution in [3.05, 3.63) is 48.2 Å². The summed E-state index contributed by atoms with van der Waals surface area (Å²) in [6.45, 7) is 3.48. The molecular weight excluding hydrogens is 410 g/mol. The molecule has 7 nitrogen and oxygen atoms in total. The van der Waals surface area contributed by atoms with Crippen molar-refractivity contribution >= 4 is 27.2 Å².